The minimum Gasteiger partial charge on any atom is -0.507 e. The number of carbonyl (C=O) groups is 2. The number of ether oxygens (including phenoxy) is 3. The van der Waals surface area contributed by atoms with Gasteiger partial charge in [0.1, 0.15) is 18.1 Å². The first-order valence-corrected chi connectivity index (χ1v) is 11.8. The zero-order valence-corrected chi connectivity index (χ0v) is 20.7. The van der Waals surface area contributed by atoms with E-state index in [9.17, 15) is 14.7 Å². The quantitative estimate of drug-likeness (QED) is 0.187. The van der Waals surface area contributed by atoms with Gasteiger partial charge in [-0.15, -0.1) is 0 Å². The van der Waals surface area contributed by atoms with Crippen molar-refractivity contribution in [1.29, 1.82) is 0 Å². The number of pyridine rings is 1. The maximum absolute atomic E-state index is 13.3. The number of likely N-dealkylation sites (tertiary alicyclic amines) is 1. The van der Waals surface area contributed by atoms with E-state index in [0.717, 1.165) is 5.56 Å². The molecular weight excluding hydrogens is 472 g/mol. The topological polar surface area (TPSA) is 98.2 Å². The minimum absolute atomic E-state index is 0.0127. The Hall–Kier alpha value is -4.59. The largest absolute Gasteiger partial charge is 0.507 e. The maximum Gasteiger partial charge on any atom is 0.295 e. The van der Waals surface area contributed by atoms with E-state index in [4.69, 9.17) is 14.2 Å². The second kappa shape index (κ2) is 11.4. The lowest BCUT2D eigenvalue weighted by molar-refractivity contribution is -0.140. The van der Waals surface area contributed by atoms with Gasteiger partial charge in [0.25, 0.3) is 11.7 Å². The first kappa shape index (κ1) is 25.5. The average molecular weight is 501 g/mol. The summed E-state index contributed by atoms with van der Waals surface area (Å²) in [6.07, 6.45) is 4.90. The molecule has 0 radical (unpaired) electrons. The van der Waals surface area contributed by atoms with E-state index in [1.165, 1.54) is 12.0 Å². The van der Waals surface area contributed by atoms with Crippen molar-refractivity contribution in [2.45, 2.75) is 19.5 Å². The molecule has 1 aliphatic rings. The van der Waals surface area contributed by atoms with E-state index in [1.54, 1.807) is 67.0 Å². The summed E-state index contributed by atoms with van der Waals surface area (Å²) in [5, 5.41) is 11.3. The number of carbonyl (C=O) groups excluding carboxylic acids is 2. The van der Waals surface area contributed by atoms with Crippen molar-refractivity contribution < 1.29 is 28.9 Å². The molecule has 2 aromatic carbocycles. The number of aliphatic hydroxyl groups is 1. The first-order valence-electron chi connectivity index (χ1n) is 11.8. The van der Waals surface area contributed by atoms with E-state index in [0.29, 0.717) is 35.0 Å². The van der Waals surface area contributed by atoms with Crippen LogP contribution >= 0.6 is 0 Å². The Morgan fingerprint density at radius 3 is 2.54 bits per heavy atom. The average Bonchev–Trinajstić information content (AvgIpc) is 3.17. The lowest BCUT2D eigenvalue weighted by Crippen LogP contribution is -2.29. The Bertz CT molecular complexity index is 1320. The molecule has 2 heterocycles. The molecule has 3 aromatic rings. The van der Waals surface area contributed by atoms with Crippen LogP contribution in [0.25, 0.3) is 5.76 Å². The highest BCUT2D eigenvalue weighted by molar-refractivity contribution is 6.46. The number of amides is 1. The third-order valence-electron chi connectivity index (χ3n) is 5.92. The van der Waals surface area contributed by atoms with E-state index in [2.05, 4.69) is 11.6 Å². The highest BCUT2D eigenvalue weighted by Gasteiger charge is 2.46. The van der Waals surface area contributed by atoms with E-state index in [-0.39, 0.29) is 24.5 Å². The molecule has 190 valence electrons. The molecule has 1 aliphatic heterocycles. The van der Waals surface area contributed by atoms with Gasteiger partial charge in [0, 0.05) is 24.5 Å². The highest BCUT2D eigenvalue weighted by Crippen LogP contribution is 2.42. The molecule has 1 N–H and O–H groups in total. The number of Topliss-reactive ketones (excluding diaryl/α,β-unsaturated/α-hetero) is 1. The zero-order valence-electron chi connectivity index (χ0n) is 20.7. The van der Waals surface area contributed by atoms with Crippen LogP contribution in [0.2, 0.25) is 0 Å². The maximum atomic E-state index is 13.3. The lowest BCUT2D eigenvalue weighted by atomic mass is 9.94. The summed E-state index contributed by atoms with van der Waals surface area (Å²) in [5.41, 5.74) is 1.71. The number of hydrogen-bond acceptors (Lipinski definition) is 7. The molecule has 37 heavy (non-hydrogen) atoms. The molecule has 1 saturated heterocycles. The fraction of sp³-hybridized carbons (Fsp3) is 0.207. The summed E-state index contributed by atoms with van der Waals surface area (Å²) >= 11 is 0. The van der Waals surface area contributed by atoms with Gasteiger partial charge in [-0.1, -0.05) is 24.8 Å². The summed E-state index contributed by atoms with van der Waals surface area (Å²) in [7, 11) is 1.54. The van der Waals surface area contributed by atoms with Crippen LogP contribution in [0.1, 0.15) is 29.7 Å². The fourth-order valence-corrected chi connectivity index (χ4v) is 4.21. The van der Waals surface area contributed by atoms with Crippen molar-refractivity contribution in [3.63, 3.8) is 0 Å². The second-order valence-electron chi connectivity index (χ2n) is 8.26. The van der Waals surface area contributed by atoms with E-state index >= 15 is 0 Å². The number of nitrogens with zero attached hydrogens (tertiary/aromatic N) is 2. The Balaban J connectivity index is 1.86. The van der Waals surface area contributed by atoms with Crippen LogP contribution < -0.4 is 14.2 Å². The number of benzene rings is 2. The van der Waals surface area contributed by atoms with Gasteiger partial charge >= 0.3 is 0 Å². The molecule has 0 saturated carbocycles. The summed E-state index contributed by atoms with van der Waals surface area (Å²) in [5.74, 6) is -0.199. The van der Waals surface area contributed by atoms with Crippen molar-refractivity contribution in [3.05, 3.63) is 102 Å². The minimum atomic E-state index is -0.866. The normalized spacial score (nSPS) is 16.5. The van der Waals surface area contributed by atoms with Gasteiger partial charge in [0.05, 0.1) is 25.3 Å². The van der Waals surface area contributed by atoms with Crippen molar-refractivity contribution in [2.24, 2.45) is 0 Å². The number of rotatable bonds is 10. The summed E-state index contributed by atoms with van der Waals surface area (Å²) < 4.78 is 16.7. The number of aromatic nitrogens is 1. The molecule has 8 nitrogen and oxygen atoms in total. The van der Waals surface area contributed by atoms with Gasteiger partial charge in [-0.2, -0.15) is 0 Å². The predicted molar refractivity (Wildman–Crippen MR) is 138 cm³/mol. The van der Waals surface area contributed by atoms with E-state index < -0.39 is 17.7 Å². The van der Waals surface area contributed by atoms with Crippen molar-refractivity contribution in [3.8, 4) is 17.2 Å². The van der Waals surface area contributed by atoms with Crippen LogP contribution in [0.3, 0.4) is 0 Å². The molecule has 8 heteroatoms. The Morgan fingerprint density at radius 1 is 1.11 bits per heavy atom. The SMILES string of the molecule is C=CCOc1ccc(C2C(=C(O)c3ccc(OC)cc3)C(=O)C(=O)N2Cc2cccnc2)cc1OCC. The second-order valence-corrected chi connectivity index (χ2v) is 8.26. The van der Waals surface area contributed by atoms with E-state index in [1.807, 2.05) is 13.0 Å². The summed E-state index contributed by atoms with van der Waals surface area (Å²) in [4.78, 5) is 32.2. The van der Waals surface area contributed by atoms with Crippen molar-refractivity contribution >= 4 is 17.4 Å². The van der Waals surface area contributed by atoms with Crippen LogP contribution in [-0.4, -0.2) is 47.0 Å². The molecule has 1 amide bonds. The summed E-state index contributed by atoms with van der Waals surface area (Å²) in [6, 6.07) is 14.6. The van der Waals surface area contributed by atoms with Crippen molar-refractivity contribution in [1.82, 2.24) is 9.88 Å². The lowest BCUT2D eigenvalue weighted by Gasteiger charge is -2.26. The zero-order chi connectivity index (χ0) is 26.4. The Kier molecular flexibility index (Phi) is 7.88. The van der Waals surface area contributed by atoms with Crippen LogP contribution in [0.5, 0.6) is 17.2 Å². The first-order chi connectivity index (χ1) is 18.0. The number of methoxy groups -OCH3 is 1. The predicted octanol–water partition coefficient (Wildman–Crippen LogP) is 4.68. The van der Waals surface area contributed by atoms with Crippen LogP contribution in [-0.2, 0) is 16.1 Å². The summed E-state index contributed by atoms with van der Waals surface area (Å²) in [6.45, 7) is 6.32. The van der Waals surface area contributed by atoms with Gasteiger partial charge in [-0.25, -0.2) is 0 Å². The van der Waals surface area contributed by atoms with Gasteiger partial charge in [0.2, 0.25) is 0 Å². The Morgan fingerprint density at radius 2 is 1.89 bits per heavy atom. The third-order valence-corrected chi connectivity index (χ3v) is 5.92. The molecule has 0 aliphatic carbocycles. The fourth-order valence-electron chi connectivity index (χ4n) is 4.21. The standard InChI is InChI=1S/C29H28N2O6/c1-4-15-37-23-13-10-21(16-24(23)36-5-2)26-25(27(32)20-8-11-22(35-3)12-9-20)28(33)29(34)31(26)18-19-7-6-14-30-17-19/h4,6-14,16-17,26,32H,1,5,15,18H2,2-3H3. The molecule has 1 aromatic heterocycles. The molecule has 1 unspecified atom stereocenters. The third kappa shape index (κ3) is 5.33. The van der Waals surface area contributed by atoms with Gasteiger partial charge in [-0.05, 0) is 60.5 Å². The molecule has 4 rings (SSSR count). The molecule has 0 spiro atoms. The molecule has 1 atom stereocenters. The van der Waals surface area contributed by atoms with Gasteiger partial charge in [0.15, 0.2) is 11.5 Å². The van der Waals surface area contributed by atoms with Gasteiger partial charge in [-0.3, -0.25) is 14.6 Å². The molecule has 1 fully saturated rings. The monoisotopic (exact) mass is 500 g/mol. The smallest absolute Gasteiger partial charge is 0.295 e. The van der Waals surface area contributed by atoms with Crippen molar-refractivity contribution in [2.75, 3.05) is 20.3 Å². The van der Waals surface area contributed by atoms with Crippen LogP contribution in [0.4, 0.5) is 0 Å². The molecule has 0 bridgehead atoms. The van der Waals surface area contributed by atoms with Crippen LogP contribution in [0, 0.1) is 0 Å². The number of aliphatic hydroxyl groups excluding tert-OH is 1. The number of ketones is 1. The number of hydrogen-bond donors (Lipinski definition) is 1. The molecular formula is C29H28N2O6. The Labute approximate surface area is 215 Å². The van der Waals surface area contributed by atoms with Gasteiger partial charge < -0.3 is 24.2 Å². The highest BCUT2D eigenvalue weighted by atomic mass is 16.5. The van der Waals surface area contributed by atoms with Crippen LogP contribution in [0.15, 0.2) is 85.2 Å².